The van der Waals surface area contributed by atoms with Crippen molar-refractivity contribution in [2.75, 3.05) is 33.4 Å². The van der Waals surface area contributed by atoms with Gasteiger partial charge in [0, 0.05) is 13.2 Å². The van der Waals surface area contributed by atoms with Gasteiger partial charge in [-0.2, -0.15) is 7.05 Å². The molecular weight excluding hydrogens is 351 g/mol. The fraction of sp³-hybridized carbons (Fsp3) is 1.00. The van der Waals surface area contributed by atoms with Gasteiger partial charge in [0.15, 0.2) is 0 Å². The number of aliphatic hydroxyl groups is 2. The van der Waals surface area contributed by atoms with E-state index >= 15 is 0 Å². The zero-order valence-corrected chi connectivity index (χ0v) is 21.9. The van der Waals surface area contributed by atoms with Crippen LogP contribution in [-0.4, -0.2) is 49.6 Å². The second-order valence-electron chi connectivity index (χ2n) is 6.89. The minimum absolute atomic E-state index is 0. The molecule has 0 aromatic rings. The van der Waals surface area contributed by atoms with Crippen LogP contribution < -0.4 is 56.7 Å². The summed E-state index contributed by atoms with van der Waals surface area (Å²) in [6, 6.07) is -0.102. The van der Waals surface area contributed by atoms with Crippen molar-refractivity contribution in [2.24, 2.45) is 11.8 Å². The molecule has 1 saturated carbocycles. The number of hydrogen-bond donors (Lipinski definition) is 3. The molecule has 0 amide bonds. The van der Waals surface area contributed by atoms with E-state index in [2.05, 4.69) is 17.6 Å². The molecule has 0 spiro atoms. The summed E-state index contributed by atoms with van der Waals surface area (Å²) in [6.45, 7) is 10.8. The van der Waals surface area contributed by atoms with Crippen molar-refractivity contribution in [3.63, 3.8) is 0 Å². The Morgan fingerprint density at radius 1 is 0.923 bits per heavy atom. The molecule has 0 radical (unpaired) electrons. The molecule has 2 atom stereocenters. The van der Waals surface area contributed by atoms with E-state index in [1.807, 2.05) is 20.8 Å². The van der Waals surface area contributed by atoms with E-state index < -0.39 is 0 Å². The summed E-state index contributed by atoms with van der Waals surface area (Å²) in [6.07, 6.45) is 13.1. The molecule has 2 fully saturated rings. The number of likely N-dealkylation sites (N-methyl/N-ethyl adjacent to an activating group) is 1. The van der Waals surface area contributed by atoms with Gasteiger partial charge in [-0.25, -0.2) is 0 Å². The van der Waals surface area contributed by atoms with E-state index in [-0.39, 0.29) is 76.6 Å². The van der Waals surface area contributed by atoms with Crippen LogP contribution in [0, 0.1) is 11.8 Å². The van der Waals surface area contributed by atoms with Crippen LogP contribution in [0.3, 0.4) is 0 Å². The largest absolute Gasteiger partial charge is 1.00 e. The first-order chi connectivity index (χ1) is 12.2. The van der Waals surface area contributed by atoms with E-state index in [0.717, 1.165) is 5.92 Å². The Hall–Kier alpha value is 1.48. The third kappa shape index (κ3) is 20.2. The molecule has 26 heavy (non-hydrogen) atoms. The number of hydrogen-bond acceptors (Lipinski definition) is 3. The number of aliphatic hydroxyl groups excluding tert-OH is 2. The SMILES string of the molecule is C1CCNCC1.CC.CCC1CCCCC1.C[N-]C(CO)C(C)CO.[K+]. The fourth-order valence-electron chi connectivity index (χ4n) is 3.03. The minimum Gasteiger partial charge on any atom is -0.660 e. The van der Waals surface area contributed by atoms with Gasteiger partial charge in [-0.1, -0.05) is 72.6 Å². The van der Waals surface area contributed by atoms with Crippen molar-refractivity contribution in [3.05, 3.63) is 5.32 Å². The van der Waals surface area contributed by atoms with Gasteiger partial charge < -0.3 is 20.8 Å². The maximum absolute atomic E-state index is 8.62. The van der Waals surface area contributed by atoms with Gasteiger partial charge in [-0.15, -0.1) is 6.04 Å². The Bertz CT molecular complexity index is 221. The van der Waals surface area contributed by atoms with E-state index in [4.69, 9.17) is 10.2 Å². The maximum Gasteiger partial charge on any atom is 1.00 e. The first-order valence-electron chi connectivity index (χ1n) is 10.7. The van der Waals surface area contributed by atoms with Gasteiger partial charge in [0.1, 0.15) is 0 Å². The molecule has 1 saturated heterocycles. The second-order valence-corrected chi connectivity index (χ2v) is 6.89. The van der Waals surface area contributed by atoms with Gasteiger partial charge in [0.25, 0.3) is 0 Å². The normalized spacial score (nSPS) is 19.0. The molecule has 0 aromatic carbocycles. The molecule has 2 unspecified atom stereocenters. The first-order valence-corrected chi connectivity index (χ1v) is 10.7. The molecule has 0 bridgehead atoms. The topological polar surface area (TPSA) is 66.6 Å². The zero-order valence-electron chi connectivity index (χ0n) is 18.8. The summed E-state index contributed by atoms with van der Waals surface area (Å²) >= 11 is 0. The Labute approximate surface area is 207 Å². The van der Waals surface area contributed by atoms with Crippen molar-refractivity contribution in [3.8, 4) is 0 Å². The Morgan fingerprint density at radius 3 is 1.62 bits per heavy atom. The molecule has 154 valence electrons. The molecule has 4 nitrogen and oxygen atoms in total. The molecule has 0 aromatic heterocycles. The van der Waals surface area contributed by atoms with Crippen molar-refractivity contribution < 1.29 is 61.6 Å². The van der Waals surface area contributed by atoms with Crippen molar-refractivity contribution >= 4 is 0 Å². The van der Waals surface area contributed by atoms with Crippen molar-refractivity contribution in [1.82, 2.24) is 5.32 Å². The van der Waals surface area contributed by atoms with E-state index in [0.29, 0.717) is 0 Å². The predicted octanol–water partition coefficient (Wildman–Crippen LogP) is 1.75. The average Bonchev–Trinajstić information content (AvgIpc) is 2.73. The molecule has 1 heterocycles. The third-order valence-electron chi connectivity index (χ3n) is 4.97. The Kier molecular flexibility index (Phi) is 32.7. The summed E-state index contributed by atoms with van der Waals surface area (Å²) in [7, 11) is 1.65. The van der Waals surface area contributed by atoms with E-state index in [1.165, 1.54) is 70.9 Å². The maximum atomic E-state index is 8.62. The van der Waals surface area contributed by atoms with Gasteiger partial charge in [-0.3, -0.25) is 0 Å². The van der Waals surface area contributed by atoms with Crippen LogP contribution in [0.2, 0.25) is 0 Å². The third-order valence-corrected chi connectivity index (χ3v) is 4.97. The van der Waals surface area contributed by atoms with Gasteiger partial charge >= 0.3 is 51.4 Å². The fourth-order valence-corrected chi connectivity index (χ4v) is 3.03. The van der Waals surface area contributed by atoms with Crippen LogP contribution >= 0.6 is 0 Å². The summed E-state index contributed by atoms with van der Waals surface area (Å²) < 4.78 is 0. The second kappa shape index (κ2) is 26.5. The molecular formula is C21H47KN2O2. The van der Waals surface area contributed by atoms with Gasteiger partial charge in [0.05, 0.1) is 0 Å². The quantitative estimate of drug-likeness (QED) is 0.618. The van der Waals surface area contributed by atoms with Gasteiger partial charge in [0.2, 0.25) is 0 Å². The molecule has 1 aliphatic heterocycles. The van der Waals surface area contributed by atoms with Crippen LogP contribution in [0.5, 0.6) is 0 Å². The molecule has 2 rings (SSSR count). The molecule has 1 aliphatic carbocycles. The number of nitrogens with one attached hydrogen (secondary N) is 1. The average molecular weight is 399 g/mol. The van der Waals surface area contributed by atoms with Crippen LogP contribution in [0.1, 0.15) is 85.5 Å². The standard InChI is InChI=1S/C8H16.C6H14NO2.C5H11N.C2H6.K/c1-2-8-6-4-3-5-7-8;1-5(3-8)6(4-9)7-2;1-2-4-6-5-3-1;1-2;/h8H,2-7H2,1H3;5-6,8-9H,3-4H2,1-2H3;6H,1-5H2;1-2H3;/q;-1;;;+1. The van der Waals surface area contributed by atoms with Crippen LogP contribution in [-0.2, 0) is 0 Å². The Balaban J connectivity index is -0.000000289. The zero-order chi connectivity index (χ0) is 19.3. The van der Waals surface area contributed by atoms with Crippen LogP contribution in [0.25, 0.3) is 5.32 Å². The van der Waals surface area contributed by atoms with Crippen LogP contribution in [0.15, 0.2) is 0 Å². The predicted molar refractivity (Wildman–Crippen MR) is 111 cm³/mol. The van der Waals surface area contributed by atoms with Gasteiger partial charge in [-0.05, 0) is 37.8 Å². The molecule has 3 N–H and O–H groups in total. The van der Waals surface area contributed by atoms with E-state index in [9.17, 15) is 0 Å². The van der Waals surface area contributed by atoms with Crippen LogP contribution in [0.4, 0.5) is 0 Å². The first kappa shape index (κ1) is 32.2. The van der Waals surface area contributed by atoms with E-state index in [1.54, 1.807) is 7.05 Å². The molecule has 2 aliphatic rings. The smallest absolute Gasteiger partial charge is 0.660 e. The number of nitrogens with zero attached hydrogens (tertiary/aromatic N) is 1. The minimum atomic E-state index is -0.102. The summed E-state index contributed by atoms with van der Waals surface area (Å²) in [4.78, 5) is 0. The summed E-state index contributed by atoms with van der Waals surface area (Å²) in [5, 5.41) is 24.4. The summed E-state index contributed by atoms with van der Waals surface area (Å²) in [5.41, 5.74) is 0. The Morgan fingerprint density at radius 2 is 1.42 bits per heavy atom. The number of rotatable bonds is 5. The number of piperidine rings is 1. The summed E-state index contributed by atoms with van der Waals surface area (Å²) in [5.74, 6) is 1.16. The van der Waals surface area contributed by atoms with Crippen molar-refractivity contribution in [2.45, 2.75) is 91.5 Å². The van der Waals surface area contributed by atoms with Crippen molar-refractivity contribution in [1.29, 1.82) is 0 Å². The molecule has 5 heteroatoms. The monoisotopic (exact) mass is 398 g/mol.